The van der Waals surface area contributed by atoms with Crippen molar-refractivity contribution in [3.63, 3.8) is 0 Å². The second-order valence-electron chi connectivity index (χ2n) is 31.7. The molecule has 109 heavy (non-hydrogen) atoms. The Balaban J connectivity index is 0.000000623. The Kier molecular flexibility index (Phi) is 25.5. The van der Waals surface area contributed by atoms with E-state index in [1.54, 1.807) is 4.57 Å². The fraction of sp³-hybridized carbons (Fsp3) is 0.639. The van der Waals surface area contributed by atoms with Crippen LogP contribution in [0.15, 0.2) is 65.4 Å². The summed E-state index contributed by atoms with van der Waals surface area (Å²) in [6.07, 6.45) is -4.86. The van der Waals surface area contributed by atoms with E-state index in [0.717, 1.165) is 11.1 Å². The Hall–Kier alpha value is -7.71. The van der Waals surface area contributed by atoms with Crippen LogP contribution in [0.2, 0.25) is 0 Å². The molecule has 22 atom stereocenters. The first-order chi connectivity index (χ1) is 50.4. The predicted molar refractivity (Wildman–Crippen MR) is 394 cm³/mol. The summed E-state index contributed by atoms with van der Waals surface area (Å²) < 4.78 is 39.2. The minimum absolute atomic E-state index is 0. The second kappa shape index (κ2) is 32.5. The molecule has 603 valence electrons. The number of anilines is 1. The van der Waals surface area contributed by atoms with Crippen LogP contribution in [0.4, 0.5) is 5.82 Å². The largest absolute Gasteiger partial charge is 0.685 e. The van der Waals surface area contributed by atoms with Gasteiger partial charge in [-0.2, -0.15) is 17.1 Å². The Bertz CT molecular complexity index is 4310. The third-order valence-electron chi connectivity index (χ3n) is 24.2. The smallest absolute Gasteiger partial charge is 0.472 e. The zero-order valence-electron chi connectivity index (χ0n) is 63.1. The number of aliphatic hydroxyl groups is 4. The van der Waals surface area contributed by atoms with E-state index >= 15 is 0 Å². The molecule has 3 aromatic heterocycles. The van der Waals surface area contributed by atoms with Gasteiger partial charge in [-0.05, 0) is 135 Å². The molecular formula is C72H104CoN18O17P-5. The number of carbonyl (C=O) groups is 7. The van der Waals surface area contributed by atoms with Crippen LogP contribution in [0.25, 0.3) is 43.5 Å². The van der Waals surface area contributed by atoms with E-state index in [1.165, 1.54) is 30.5 Å². The minimum Gasteiger partial charge on any atom is -0.685 e. The van der Waals surface area contributed by atoms with Gasteiger partial charge in [-0.3, -0.25) is 47.2 Å². The number of benzene rings is 1. The summed E-state index contributed by atoms with van der Waals surface area (Å²) in [4.78, 5) is 121. The van der Waals surface area contributed by atoms with E-state index in [-0.39, 0.29) is 99.8 Å². The number of allylic oxidation sites excluding steroid dienone is 3. The number of phosphoric ester groups is 1. The van der Waals surface area contributed by atoms with Crippen molar-refractivity contribution in [2.24, 2.45) is 79.7 Å². The van der Waals surface area contributed by atoms with Crippen molar-refractivity contribution in [3.05, 3.63) is 105 Å². The zero-order valence-corrected chi connectivity index (χ0v) is 65.0. The number of ether oxygens (including phenoxy) is 2. The molecule has 6 saturated heterocycles. The summed E-state index contributed by atoms with van der Waals surface area (Å²) in [6.45, 7) is 23.1. The van der Waals surface area contributed by atoms with Crippen molar-refractivity contribution in [1.82, 2.24) is 34.4 Å². The maximum absolute atomic E-state index is 14.4. The molecule has 0 aliphatic carbocycles. The first kappa shape index (κ1) is 85.3. The van der Waals surface area contributed by atoms with Crippen molar-refractivity contribution in [1.29, 1.82) is 0 Å². The van der Waals surface area contributed by atoms with E-state index < -0.39 is 186 Å². The predicted octanol–water partition coefficient (Wildman–Crippen LogP) is 3.71. The van der Waals surface area contributed by atoms with E-state index in [0.29, 0.717) is 50.4 Å². The van der Waals surface area contributed by atoms with Crippen molar-refractivity contribution in [2.45, 2.75) is 232 Å². The average molecular weight is 1580 g/mol. The fourth-order valence-electron chi connectivity index (χ4n) is 18.1. The summed E-state index contributed by atoms with van der Waals surface area (Å²) in [5.74, 6) is -6.62. The van der Waals surface area contributed by atoms with Gasteiger partial charge in [0.25, 0.3) is 0 Å². The van der Waals surface area contributed by atoms with Crippen molar-refractivity contribution in [2.75, 3.05) is 18.9 Å². The summed E-state index contributed by atoms with van der Waals surface area (Å²) in [5.41, 5.74) is 42.8. The molecule has 35 nitrogen and oxygen atoms in total. The Morgan fingerprint density at radius 1 is 0.697 bits per heavy atom. The van der Waals surface area contributed by atoms with Crippen LogP contribution in [0.1, 0.15) is 157 Å². The summed E-state index contributed by atoms with van der Waals surface area (Å²) in [7, 11) is -5.06. The Labute approximate surface area is 642 Å². The van der Waals surface area contributed by atoms with Crippen molar-refractivity contribution < 1.29 is 98.7 Å². The number of aliphatic hydroxyl groups excluding tert-OH is 4. The molecule has 6 fully saturated rings. The molecule has 37 heteroatoms. The number of nitrogens with two attached hydrogens (primary N) is 7. The molecule has 0 spiro atoms. The maximum atomic E-state index is 14.4. The minimum atomic E-state index is -5.06. The zero-order chi connectivity index (χ0) is 79.6. The second-order valence-corrected chi connectivity index (χ2v) is 33.0. The monoisotopic (exact) mass is 1580 g/mol. The molecule has 7 aliphatic rings. The molecule has 7 amide bonds. The van der Waals surface area contributed by atoms with Crippen LogP contribution in [0.5, 0.6) is 0 Å². The molecule has 0 saturated carbocycles. The van der Waals surface area contributed by atoms with Crippen LogP contribution >= 0.6 is 7.82 Å². The first-order valence-electron chi connectivity index (χ1n) is 36.2. The molecule has 10 heterocycles. The number of rotatable bonds is 27. The standard InChI is InChI=1S/C62H92N13O14P.C10H12N5O3.Co/c1-29-20-39-40(21-30(29)2)75(28-70-39)57-52(84)53(41(27-76)87-57)89-90(85,86)88-31(3)26-69-49(83)18-19-59(8)37(22-46(66)80)56-62(11)61(10,25-48(68)82)36(14-17-45(65)79)51(74-62)33(5)55-60(9,24-47(67)81)34(12-15-43(63)77)38(71-55)23-42-58(6,7)35(13-16-44(64)78)50(72-42)32(4)54(59)73-56;1-4-6(16)7(17)10(18-4)15-3-14-5-8(11)12-2-13-9(5)15;/h20-21,23,28,31,34-38,41,50-53,56-57,76,84H,12-19,22,24-27H2,1-11H3,(H2,63,77)(H2,64,78)(H2,65,79)(H2,66,80)(H2,67,81)(H2,68,82)(H,69,83)(H,85,86);2-4,6-7,10,16-17H,1H2,(H2,11,12,13);/q-4;-1;/b42-23-,54-32-,55-33-;;/t31-,34-,35-,36-,37+,38?,41-,50?,51?,52-,53-,56-,57+,59-,60+,61+,62+;4-,6-,7-,10-;/m11./s1. The molecule has 1 aromatic carbocycles. The molecule has 8 bridgehead atoms. The quantitative estimate of drug-likeness (QED) is 0.0299. The van der Waals surface area contributed by atoms with E-state index in [9.17, 15) is 63.4 Å². The number of fused-ring (bicyclic) bond motifs is 11. The van der Waals surface area contributed by atoms with E-state index in [2.05, 4.69) is 32.2 Å². The molecular weight excluding hydrogens is 1480 g/mol. The maximum Gasteiger partial charge on any atom is 0.472 e. The van der Waals surface area contributed by atoms with Gasteiger partial charge in [0.05, 0.1) is 42.5 Å². The molecule has 4 unspecified atom stereocenters. The van der Waals surface area contributed by atoms with Gasteiger partial charge in [0.1, 0.15) is 36.3 Å². The number of carbonyl (C=O) groups excluding carboxylic acids is 7. The molecule has 7 aliphatic heterocycles. The first-order valence-corrected chi connectivity index (χ1v) is 37.7. The fourth-order valence-corrected chi connectivity index (χ4v) is 19.3. The number of aromatic nitrogens is 6. The van der Waals surface area contributed by atoms with Crippen LogP contribution < -0.4 is 45.5 Å². The third-order valence-corrected chi connectivity index (χ3v) is 25.3. The summed E-state index contributed by atoms with van der Waals surface area (Å²) in [6, 6.07) is 0.417. The van der Waals surface area contributed by atoms with Crippen molar-refractivity contribution >= 4 is 77.2 Å². The Morgan fingerprint density at radius 3 is 1.88 bits per heavy atom. The van der Waals surface area contributed by atoms with Gasteiger partial charge in [-0.25, -0.2) is 24.5 Å². The number of imidazole rings is 2. The van der Waals surface area contributed by atoms with Crippen LogP contribution in [0.3, 0.4) is 0 Å². The molecule has 4 aromatic rings. The Morgan fingerprint density at radius 2 is 1.28 bits per heavy atom. The summed E-state index contributed by atoms with van der Waals surface area (Å²) >= 11 is 0. The average Bonchev–Trinajstić information content (AvgIpc) is 1.53. The van der Waals surface area contributed by atoms with Gasteiger partial charge in [-0.15, -0.1) is 34.8 Å². The number of primary amides is 6. The number of phosphoric acid groups is 1. The molecule has 1 radical (unpaired) electrons. The number of nitrogen functional groups attached to an aromatic ring is 1. The molecule has 11 rings (SSSR count). The number of aryl methyl sites for hydroxylation is 2. The topological polar surface area (TPSA) is 587 Å². The van der Waals surface area contributed by atoms with Crippen LogP contribution in [-0.2, 0) is 73.4 Å². The van der Waals surface area contributed by atoms with Gasteiger partial charge in [0.15, 0.2) is 23.9 Å². The van der Waals surface area contributed by atoms with Gasteiger partial charge < -0.3 is 113 Å². The number of hydrogen-bond acceptors (Lipinski definition) is 21. The number of hydrogen-bond donors (Lipinski definition) is 13. The van der Waals surface area contributed by atoms with Crippen LogP contribution in [-0.4, -0.2) is 181 Å². The van der Waals surface area contributed by atoms with E-state index in [4.69, 9.17) is 79.9 Å². The SMILES string of the molecule is C/C1=C2/[N-][C@H]([C@H](CC(N)=O)[C@@]2(C)CCC(=O)NC[C@@H](C)OP(=O)(O)O[C@H]2[C@@H](O)[C@@H](n3cnc4cc(C)c(C)cc43)O[C@@H]2CO)[C@]2(C)[N-]C(/C(C)=C3\[N-]C(/C=C4\[N-]C1[C@@H](CCC(N)=O)C4(C)C)[C@@H](CCC(N)=O)[C@]3(C)CC(N)=O)[C@@H](CCC(N)=O)[C@]2(C)CC(N)=O.[CH2-][C@H]1O[C@@H](n2cnc3c(N)ncnc32)[C@H](O)[C@@H]1O.[Co]. The van der Waals surface area contributed by atoms with Gasteiger partial charge in [0, 0.05) is 68.3 Å². The van der Waals surface area contributed by atoms with Gasteiger partial charge in [0.2, 0.25) is 41.4 Å². The number of nitrogens with zero attached hydrogens (tertiary/aromatic N) is 10. The van der Waals surface area contributed by atoms with Gasteiger partial charge >= 0.3 is 7.82 Å². The van der Waals surface area contributed by atoms with Crippen LogP contribution in [0, 0.1) is 66.1 Å². The summed E-state index contributed by atoms with van der Waals surface area (Å²) in [5, 5.41) is 66.5. The van der Waals surface area contributed by atoms with E-state index in [1.807, 2.05) is 87.4 Å². The van der Waals surface area contributed by atoms with Gasteiger partial charge in [-0.1, -0.05) is 53.6 Å². The number of nitrogens with one attached hydrogen (secondary N) is 1. The third kappa shape index (κ3) is 16.5. The van der Waals surface area contributed by atoms with Crippen molar-refractivity contribution in [3.8, 4) is 0 Å². The molecule has 20 N–H and O–H groups in total. The normalized spacial score (nSPS) is 35.6. The number of amides is 7.